The van der Waals surface area contributed by atoms with E-state index in [9.17, 15) is 22.0 Å². The van der Waals surface area contributed by atoms with Crippen LogP contribution < -0.4 is 9.77 Å². The van der Waals surface area contributed by atoms with Gasteiger partial charge in [0, 0.05) is 43.2 Å². The van der Waals surface area contributed by atoms with Crippen LogP contribution in [0, 0.1) is 5.92 Å². The van der Waals surface area contributed by atoms with Crippen molar-refractivity contribution in [1.29, 1.82) is 0 Å². The van der Waals surface area contributed by atoms with Crippen LogP contribution in [0.25, 0.3) is 21.6 Å². The van der Waals surface area contributed by atoms with Crippen LogP contribution in [0.3, 0.4) is 0 Å². The van der Waals surface area contributed by atoms with E-state index in [1.54, 1.807) is 12.1 Å². The SMILES string of the molecule is O=c1sc2nc(-c3cccc(N4CCS(=O)(=O)CC4)c3)ccc2n1CC1CC1(F)F. The van der Waals surface area contributed by atoms with Gasteiger partial charge in [0.25, 0.3) is 5.92 Å². The van der Waals surface area contributed by atoms with Crippen LogP contribution in [0.2, 0.25) is 0 Å². The van der Waals surface area contributed by atoms with Crippen LogP contribution in [0.5, 0.6) is 0 Å². The van der Waals surface area contributed by atoms with Gasteiger partial charge in [0.1, 0.15) is 4.83 Å². The first kappa shape index (κ1) is 19.6. The van der Waals surface area contributed by atoms with Crippen LogP contribution in [-0.4, -0.2) is 48.5 Å². The summed E-state index contributed by atoms with van der Waals surface area (Å²) < 4.78 is 51.3. The molecule has 30 heavy (non-hydrogen) atoms. The van der Waals surface area contributed by atoms with Crippen molar-refractivity contribution in [3.8, 4) is 11.3 Å². The lowest BCUT2D eigenvalue weighted by Crippen LogP contribution is -2.40. The molecule has 0 spiro atoms. The minimum Gasteiger partial charge on any atom is -0.369 e. The topological polar surface area (TPSA) is 72.3 Å². The number of benzene rings is 1. The number of halogens is 2. The molecular formula is C20H19F2N3O3S2. The summed E-state index contributed by atoms with van der Waals surface area (Å²) in [5.74, 6) is -3.17. The Balaban J connectivity index is 1.43. The predicted molar refractivity (Wildman–Crippen MR) is 113 cm³/mol. The number of alkyl halides is 2. The molecule has 3 aromatic rings. The largest absolute Gasteiger partial charge is 0.369 e. The van der Waals surface area contributed by atoms with Gasteiger partial charge < -0.3 is 4.90 Å². The zero-order chi connectivity index (χ0) is 21.1. The van der Waals surface area contributed by atoms with Gasteiger partial charge in [-0.05, 0) is 24.3 Å². The molecule has 10 heteroatoms. The Bertz CT molecular complexity index is 1290. The maximum Gasteiger partial charge on any atom is 0.309 e. The highest BCUT2D eigenvalue weighted by atomic mass is 32.2. The highest BCUT2D eigenvalue weighted by Crippen LogP contribution is 2.49. The number of rotatable bonds is 4. The van der Waals surface area contributed by atoms with E-state index in [0.29, 0.717) is 29.1 Å². The van der Waals surface area contributed by atoms with Gasteiger partial charge in [0.05, 0.1) is 22.7 Å². The van der Waals surface area contributed by atoms with Gasteiger partial charge in [-0.15, -0.1) is 0 Å². The van der Waals surface area contributed by atoms with Crippen molar-refractivity contribution < 1.29 is 17.2 Å². The number of sulfone groups is 1. The van der Waals surface area contributed by atoms with Crippen molar-refractivity contribution in [2.75, 3.05) is 29.5 Å². The Hall–Kier alpha value is -2.33. The molecule has 5 rings (SSSR count). The standard InChI is InChI=1S/C20H19F2N3O3S2/c21-20(22)11-14(20)12-25-17-5-4-16(23-18(17)29-19(25)26)13-2-1-3-15(10-13)24-6-8-30(27,28)9-7-24/h1-5,10,14H,6-9,11-12H2. The molecule has 0 radical (unpaired) electrons. The van der Waals surface area contributed by atoms with E-state index in [1.807, 2.05) is 29.2 Å². The van der Waals surface area contributed by atoms with Crippen LogP contribution in [0.4, 0.5) is 14.5 Å². The number of pyridine rings is 1. The summed E-state index contributed by atoms with van der Waals surface area (Å²) in [5.41, 5.74) is 3.03. The summed E-state index contributed by atoms with van der Waals surface area (Å²) in [7, 11) is -2.96. The fourth-order valence-corrected chi connectivity index (χ4v) is 5.88. The van der Waals surface area contributed by atoms with Gasteiger partial charge in [-0.1, -0.05) is 23.5 Å². The summed E-state index contributed by atoms with van der Waals surface area (Å²) in [6.07, 6.45) is -0.174. The molecular weight excluding hydrogens is 432 g/mol. The molecule has 2 fully saturated rings. The lowest BCUT2D eigenvalue weighted by molar-refractivity contribution is 0.0952. The minimum atomic E-state index is -2.96. The quantitative estimate of drug-likeness (QED) is 0.610. The molecule has 3 heterocycles. The Labute approximate surface area is 175 Å². The van der Waals surface area contributed by atoms with Gasteiger partial charge in [0.15, 0.2) is 9.84 Å². The molecule has 1 saturated carbocycles. The normalized spacial score (nSPS) is 22.3. The van der Waals surface area contributed by atoms with Crippen molar-refractivity contribution in [2.24, 2.45) is 5.92 Å². The molecule has 1 atom stereocenters. The molecule has 1 saturated heterocycles. The predicted octanol–water partition coefficient (Wildman–Crippen LogP) is 3.02. The van der Waals surface area contributed by atoms with Crippen molar-refractivity contribution in [2.45, 2.75) is 18.9 Å². The summed E-state index contributed by atoms with van der Waals surface area (Å²) in [4.78, 5) is 19.2. The minimum absolute atomic E-state index is 0.0141. The van der Waals surface area contributed by atoms with E-state index in [4.69, 9.17) is 0 Å². The number of nitrogens with zero attached hydrogens (tertiary/aromatic N) is 3. The second kappa shape index (κ2) is 6.84. The van der Waals surface area contributed by atoms with Crippen molar-refractivity contribution >= 4 is 37.2 Å². The van der Waals surface area contributed by atoms with E-state index in [2.05, 4.69) is 4.98 Å². The second-order valence-corrected chi connectivity index (χ2v) is 11.1. The third-order valence-corrected chi connectivity index (χ3v) is 8.24. The third kappa shape index (κ3) is 3.62. The number of hydrogen-bond acceptors (Lipinski definition) is 6. The average molecular weight is 452 g/mol. The van der Waals surface area contributed by atoms with Crippen LogP contribution >= 0.6 is 11.3 Å². The number of aromatic nitrogens is 2. The van der Waals surface area contributed by atoms with Gasteiger partial charge in [-0.25, -0.2) is 22.2 Å². The lowest BCUT2D eigenvalue weighted by Gasteiger charge is -2.29. The van der Waals surface area contributed by atoms with Crippen LogP contribution in [0.15, 0.2) is 41.2 Å². The van der Waals surface area contributed by atoms with Crippen LogP contribution in [0.1, 0.15) is 6.42 Å². The van der Waals surface area contributed by atoms with E-state index in [1.165, 1.54) is 4.57 Å². The number of fused-ring (bicyclic) bond motifs is 1. The van der Waals surface area contributed by atoms with Crippen molar-refractivity contribution in [3.05, 3.63) is 46.1 Å². The molecule has 0 bridgehead atoms. The molecule has 1 aliphatic carbocycles. The molecule has 2 aliphatic rings. The molecule has 0 N–H and O–H groups in total. The molecule has 0 amide bonds. The zero-order valence-electron chi connectivity index (χ0n) is 15.9. The fraction of sp³-hybridized carbons (Fsp3) is 0.400. The first-order chi connectivity index (χ1) is 14.2. The molecule has 2 aromatic heterocycles. The van der Waals surface area contributed by atoms with E-state index < -0.39 is 21.7 Å². The average Bonchev–Trinajstić information content (AvgIpc) is 3.19. The number of anilines is 1. The molecule has 158 valence electrons. The molecule has 1 aromatic carbocycles. The molecule has 1 unspecified atom stereocenters. The lowest BCUT2D eigenvalue weighted by atomic mass is 10.1. The van der Waals surface area contributed by atoms with Gasteiger partial charge in [-0.2, -0.15) is 0 Å². The summed E-state index contributed by atoms with van der Waals surface area (Å²) >= 11 is 0.964. The zero-order valence-corrected chi connectivity index (χ0v) is 17.6. The summed E-state index contributed by atoms with van der Waals surface area (Å²) in [6, 6.07) is 11.2. The number of hydrogen-bond donors (Lipinski definition) is 0. The maximum absolute atomic E-state index is 13.3. The van der Waals surface area contributed by atoms with Crippen LogP contribution in [-0.2, 0) is 16.4 Å². The fourth-order valence-electron chi connectivity index (χ4n) is 3.80. The highest BCUT2D eigenvalue weighted by Gasteiger charge is 2.56. The monoisotopic (exact) mass is 451 g/mol. The molecule has 1 aliphatic heterocycles. The number of thiazole rings is 1. The van der Waals surface area contributed by atoms with Crippen molar-refractivity contribution in [1.82, 2.24) is 9.55 Å². The summed E-state index contributed by atoms with van der Waals surface area (Å²) in [6.45, 7) is 0.920. The Morgan fingerprint density at radius 1 is 1.17 bits per heavy atom. The van der Waals surface area contributed by atoms with Gasteiger partial charge >= 0.3 is 4.87 Å². The smallest absolute Gasteiger partial charge is 0.309 e. The highest BCUT2D eigenvalue weighted by molar-refractivity contribution is 7.91. The molecule has 6 nitrogen and oxygen atoms in total. The second-order valence-electron chi connectivity index (χ2n) is 7.85. The Morgan fingerprint density at radius 3 is 2.60 bits per heavy atom. The maximum atomic E-state index is 13.3. The van der Waals surface area contributed by atoms with E-state index >= 15 is 0 Å². The van der Waals surface area contributed by atoms with Gasteiger partial charge in [0.2, 0.25) is 0 Å². The Morgan fingerprint density at radius 2 is 1.90 bits per heavy atom. The third-order valence-electron chi connectivity index (χ3n) is 5.75. The summed E-state index contributed by atoms with van der Waals surface area (Å²) in [5, 5.41) is 0. The van der Waals surface area contributed by atoms with E-state index in [0.717, 1.165) is 22.6 Å². The van der Waals surface area contributed by atoms with Gasteiger partial charge in [-0.3, -0.25) is 9.36 Å². The Kier molecular flexibility index (Phi) is 4.48. The van der Waals surface area contributed by atoms with E-state index in [-0.39, 0.29) is 29.3 Å². The first-order valence-electron chi connectivity index (χ1n) is 9.66. The van der Waals surface area contributed by atoms with Crippen molar-refractivity contribution in [3.63, 3.8) is 0 Å². The first-order valence-corrected chi connectivity index (χ1v) is 12.3.